The smallest absolute Gasteiger partial charge is 0.191 e. The lowest BCUT2D eigenvalue weighted by molar-refractivity contribution is -0.168. The quantitative estimate of drug-likeness (QED) is 0.611. The Bertz CT molecular complexity index is 612. The normalized spacial score (nSPS) is 24.4. The average Bonchev–Trinajstić information content (AvgIpc) is 2.55. The number of hydrogen-bond donors (Lipinski definition) is 2. The minimum absolute atomic E-state index is 0.330. The average molecular weight is 345 g/mol. The van der Waals surface area contributed by atoms with Gasteiger partial charge in [-0.2, -0.15) is 0 Å². The molecule has 0 radical (unpaired) electrons. The van der Waals surface area contributed by atoms with Gasteiger partial charge in [-0.05, 0) is 38.3 Å². The summed E-state index contributed by atoms with van der Waals surface area (Å²) in [5, 5.41) is 7.01. The van der Waals surface area contributed by atoms with E-state index in [9.17, 15) is 0 Å². The molecular weight excluding hydrogens is 314 g/mol. The van der Waals surface area contributed by atoms with Crippen molar-refractivity contribution in [2.24, 2.45) is 10.4 Å². The van der Waals surface area contributed by atoms with Crippen molar-refractivity contribution in [2.75, 3.05) is 32.6 Å². The Morgan fingerprint density at radius 1 is 1.40 bits per heavy atom. The molecule has 6 heteroatoms. The summed E-state index contributed by atoms with van der Waals surface area (Å²) in [5.41, 5.74) is 1.34. The Balaban J connectivity index is 1.55. The van der Waals surface area contributed by atoms with Crippen molar-refractivity contribution in [3.63, 3.8) is 0 Å². The third-order valence-corrected chi connectivity index (χ3v) is 5.66. The summed E-state index contributed by atoms with van der Waals surface area (Å²) in [6, 6.07) is 6.55. The molecule has 1 aromatic rings. The highest BCUT2D eigenvalue weighted by Crippen LogP contribution is 2.57. The van der Waals surface area contributed by atoms with E-state index in [2.05, 4.69) is 27.5 Å². The fourth-order valence-electron chi connectivity index (χ4n) is 3.99. The fourth-order valence-corrected chi connectivity index (χ4v) is 3.99. The summed E-state index contributed by atoms with van der Waals surface area (Å²) in [5.74, 6) is 1.82. The number of pyridine rings is 1. The van der Waals surface area contributed by atoms with Crippen molar-refractivity contribution in [2.45, 2.75) is 51.3 Å². The Kier molecular flexibility index (Phi) is 5.47. The van der Waals surface area contributed by atoms with Crippen LogP contribution in [0.25, 0.3) is 0 Å². The lowest BCUT2D eigenvalue weighted by Gasteiger charge is -2.61. The number of rotatable bonds is 6. The third kappa shape index (κ3) is 3.59. The lowest BCUT2D eigenvalue weighted by Crippen LogP contribution is -2.68. The fraction of sp³-hybridized carbons (Fsp3) is 0.684. The highest BCUT2D eigenvalue weighted by Gasteiger charge is 2.59. The summed E-state index contributed by atoms with van der Waals surface area (Å²) in [4.78, 5) is 11.1. The van der Waals surface area contributed by atoms with Crippen LogP contribution in [0.2, 0.25) is 0 Å². The van der Waals surface area contributed by atoms with Crippen LogP contribution in [-0.4, -0.2) is 50.8 Å². The molecular formula is C19H31N5O. The van der Waals surface area contributed by atoms with E-state index >= 15 is 0 Å². The van der Waals surface area contributed by atoms with Gasteiger partial charge in [-0.25, -0.2) is 4.98 Å². The van der Waals surface area contributed by atoms with Crippen molar-refractivity contribution >= 4 is 11.8 Å². The van der Waals surface area contributed by atoms with Crippen molar-refractivity contribution in [3.05, 3.63) is 23.9 Å². The van der Waals surface area contributed by atoms with Crippen LogP contribution in [0.3, 0.4) is 0 Å². The largest absolute Gasteiger partial charge is 0.378 e. The standard InChI is InChI=1S/C19H31N5O/c1-5-25-16-12-15(19(16)10-7-11-19)23-18(20-2)21-13-14-8-6-9-17(22-14)24(3)4/h6,8-9,15-16H,5,7,10-13H2,1-4H3,(H2,20,21,23). The van der Waals surface area contributed by atoms with Gasteiger partial charge < -0.3 is 20.3 Å². The Labute approximate surface area is 151 Å². The number of aliphatic imine (C=N–C) groups is 1. The first-order valence-electron chi connectivity index (χ1n) is 9.31. The Morgan fingerprint density at radius 3 is 2.80 bits per heavy atom. The molecule has 0 amide bonds. The third-order valence-electron chi connectivity index (χ3n) is 5.66. The van der Waals surface area contributed by atoms with Crippen LogP contribution >= 0.6 is 0 Å². The zero-order valence-electron chi connectivity index (χ0n) is 15.9. The molecule has 2 saturated carbocycles. The number of aromatic nitrogens is 1. The molecule has 25 heavy (non-hydrogen) atoms. The van der Waals surface area contributed by atoms with Gasteiger partial charge in [-0.15, -0.1) is 0 Å². The zero-order chi connectivity index (χ0) is 17.9. The number of hydrogen-bond acceptors (Lipinski definition) is 4. The first-order chi connectivity index (χ1) is 12.1. The molecule has 2 atom stereocenters. The van der Waals surface area contributed by atoms with E-state index in [-0.39, 0.29) is 0 Å². The minimum atomic E-state index is 0.330. The maximum atomic E-state index is 5.93. The van der Waals surface area contributed by atoms with E-state index in [4.69, 9.17) is 4.74 Å². The van der Waals surface area contributed by atoms with Crippen LogP contribution in [0.15, 0.2) is 23.2 Å². The van der Waals surface area contributed by atoms with Gasteiger partial charge in [-0.3, -0.25) is 4.99 Å². The highest BCUT2D eigenvalue weighted by molar-refractivity contribution is 5.80. The predicted molar refractivity (Wildman–Crippen MR) is 102 cm³/mol. The maximum absolute atomic E-state index is 5.93. The molecule has 0 aliphatic heterocycles. The van der Waals surface area contributed by atoms with Crippen molar-refractivity contribution < 1.29 is 4.74 Å². The second-order valence-electron chi connectivity index (χ2n) is 7.27. The number of ether oxygens (including phenoxy) is 1. The molecule has 2 fully saturated rings. The zero-order valence-corrected chi connectivity index (χ0v) is 15.9. The van der Waals surface area contributed by atoms with Crippen LogP contribution < -0.4 is 15.5 Å². The SMILES string of the molecule is CCOC1CC(NC(=NC)NCc2cccc(N(C)C)n2)C12CCC2. The molecule has 1 heterocycles. The predicted octanol–water partition coefficient (Wildman–Crippen LogP) is 2.16. The van der Waals surface area contributed by atoms with Crippen LogP contribution in [0.4, 0.5) is 5.82 Å². The van der Waals surface area contributed by atoms with Crippen molar-refractivity contribution in [3.8, 4) is 0 Å². The summed E-state index contributed by atoms with van der Waals surface area (Å²) in [6.07, 6.45) is 5.33. The molecule has 3 rings (SSSR count). The number of guanidine groups is 1. The molecule has 1 spiro atoms. The Hall–Kier alpha value is -1.82. The van der Waals surface area contributed by atoms with Crippen LogP contribution in [0, 0.1) is 5.41 Å². The van der Waals surface area contributed by atoms with Crippen LogP contribution in [-0.2, 0) is 11.3 Å². The number of anilines is 1. The van der Waals surface area contributed by atoms with Gasteiger partial charge in [0.05, 0.1) is 18.3 Å². The maximum Gasteiger partial charge on any atom is 0.191 e. The van der Waals surface area contributed by atoms with E-state index in [1.54, 1.807) is 0 Å². The minimum Gasteiger partial charge on any atom is -0.378 e. The van der Waals surface area contributed by atoms with E-state index in [0.29, 0.717) is 24.1 Å². The first-order valence-corrected chi connectivity index (χ1v) is 9.31. The monoisotopic (exact) mass is 345 g/mol. The van der Waals surface area contributed by atoms with Crippen molar-refractivity contribution in [1.29, 1.82) is 0 Å². The molecule has 2 aliphatic carbocycles. The molecule has 1 aromatic heterocycles. The molecule has 0 aromatic carbocycles. The highest BCUT2D eigenvalue weighted by atomic mass is 16.5. The van der Waals surface area contributed by atoms with Gasteiger partial charge in [-0.1, -0.05) is 12.5 Å². The van der Waals surface area contributed by atoms with E-state index < -0.39 is 0 Å². The van der Waals surface area contributed by atoms with E-state index in [0.717, 1.165) is 30.5 Å². The summed E-state index contributed by atoms with van der Waals surface area (Å²) >= 11 is 0. The second-order valence-corrected chi connectivity index (χ2v) is 7.27. The Morgan fingerprint density at radius 2 is 2.20 bits per heavy atom. The number of nitrogens with zero attached hydrogens (tertiary/aromatic N) is 3. The number of nitrogens with one attached hydrogen (secondary N) is 2. The van der Waals surface area contributed by atoms with Crippen LogP contribution in [0.5, 0.6) is 0 Å². The van der Waals surface area contributed by atoms with Gasteiger partial charge in [0.1, 0.15) is 5.82 Å². The molecule has 2 aliphatic rings. The summed E-state index contributed by atoms with van der Waals surface area (Å²) in [7, 11) is 5.83. The molecule has 138 valence electrons. The van der Waals surface area contributed by atoms with E-state index in [1.165, 1.54) is 19.3 Å². The molecule has 6 nitrogen and oxygen atoms in total. The molecule has 0 saturated heterocycles. The molecule has 0 bridgehead atoms. The lowest BCUT2D eigenvalue weighted by atomic mass is 9.51. The van der Waals surface area contributed by atoms with E-state index in [1.807, 2.05) is 44.2 Å². The topological polar surface area (TPSA) is 61.8 Å². The van der Waals surface area contributed by atoms with Gasteiger partial charge >= 0.3 is 0 Å². The van der Waals surface area contributed by atoms with Gasteiger partial charge in [0, 0.05) is 39.2 Å². The van der Waals surface area contributed by atoms with Crippen LogP contribution in [0.1, 0.15) is 38.3 Å². The summed E-state index contributed by atoms with van der Waals surface area (Å²) in [6.45, 7) is 3.55. The first kappa shape index (κ1) is 18.0. The molecule has 2 N–H and O–H groups in total. The van der Waals surface area contributed by atoms with Crippen molar-refractivity contribution in [1.82, 2.24) is 15.6 Å². The van der Waals surface area contributed by atoms with Gasteiger partial charge in [0.25, 0.3) is 0 Å². The molecule has 2 unspecified atom stereocenters. The van der Waals surface area contributed by atoms with Gasteiger partial charge in [0.15, 0.2) is 5.96 Å². The summed E-state index contributed by atoms with van der Waals surface area (Å²) < 4.78 is 5.93. The second kappa shape index (κ2) is 7.60. The van der Waals surface area contributed by atoms with Gasteiger partial charge in [0.2, 0.25) is 0 Å².